The van der Waals surface area contributed by atoms with E-state index in [4.69, 9.17) is 16.3 Å². The molecule has 0 aliphatic rings. The molecule has 0 saturated carbocycles. The van der Waals surface area contributed by atoms with E-state index in [0.29, 0.717) is 5.02 Å². The summed E-state index contributed by atoms with van der Waals surface area (Å²) in [7, 11) is 2.41. The molecule has 7 nitrogen and oxygen atoms in total. The molecule has 24 heavy (non-hydrogen) atoms. The van der Waals surface area contributed by atoms with E-state index >= 15 is 0 Å². The first kappa shape index (κ1) is 17.8. The summed E-state index contributed by atoms with van der Waals surface area (Å²) in [6, 6.07) is 4.46. The molecule has 2 rings (SSSR count). The number of aromatic nitrogens is 1. The van der Waals surface area contributed by atoms with Gasteiger partial charge in [-0.25, -0.2) is 4.79 Å². The number of hydrogen-bond donors (Lipinski definition) is 2. The lowest BCUT2D eigenvalue weighted by molar-refractivity contribution is -0.148. The molecule has 1 aromatic carbocycles. The summed E-state index contributed by atoms with van der Waals surface area (Å²) in [6.45, 7) is 0. The predicted molar refractivity (Wildman–Crippen MR) is 87.6 cm³/mol. The van der Waals surface area contributed by atoms with E-state index in [-0.39, 0.29) is 6.42 Å². The van der Waals surface area contributed by atoms with Gasteiger partial charge >= 0.3 is 11.9 Å². The van der Waals surface area contributed by atoms with E-state index in [1.54, 1.807) is 18.3 Å². The third-order valence-corrected chi connectivity index (χ3v) is 3.83. The molecule has 0 aliphatic carbocycles. The molecule has 0 bridgehead atoms. The zero-order valence-corrected chi connectivity index (χ0v) is 14.0. The number of H-pyrrole nitrogens is 1. The van der Waals surface area contributed by atoms with Crippen LogP contribution in [0.15, 0.2) is 24.4 Å². The zero-order chi connectivity index (χ0) is 17.7. The lowest BCUT2D eigenvalue weighted by atomic mass is 10.0. The molecule has 0 fully saturated rings. The third kappa shape index (κ3) is 4.05. The monoisotopic (exact) mass is 352 g/mol. The van der Waals surface area contributed by atoms with E-state index in [9.17, 15) is 14.4 Å². The van der Waals surface area contributed by atoms with Crippen LogP contribution in [0.25, 0.3) is 10.9 Å². The van der Waals surface area contributed by atoms with Gasteiger partial charge in [0.05, 0.1) is 19.2 Å². The van der Waals surface area contributed by atoms with Gasteiger partial charge in [-0.3, -0.25) is 9.59 Å². The number of esters is 2. The summed E-state index contributed by atoms with van der Waals surface area (Å²) in [5.74, 6) is -1.93. The van der Waals surface area contributed by atoms with Crippen LogP contribution in [0.5, 0.6) is 0 Å². The molecule has 0 aliphatic heterocycles. The van der Waals surface area contributed by atoms with E-state index in [2.05, 4.69) is 15.0 Å². The maximum atomic E-state index is 12.0. The number of fused-ring (bicyclic) bond motifs is 1. The van der Waals surface area contributed by atoms with Crippen LogP contribution < -0.4 is 5.32 Å². The van der Waals surface area contributed by atoms with Crippen molar-refractivity contribution in [2.75, 3.05) is 14.2 Å². The predicted octanol–water partition coefficient (Wildman–Crippen LogP) is 1.58. The van der Waals surface area contributed by atoms with Crippen molar-refractivity contribution < 1.29 is 23.9 Å². The topological polar surface area (TPSA) is 97.5 Å². The highest BCUT2D eigenvalue weighted by Crippen LogP contribution is 2.27. The van der Waals surface area contributed by atoms with Crippen LogP contribution in [0, 0.1) is 0 Å². The summed E-state index contributed by atoms with van der Waals surface area (Å²) in [5.41, 5.74) is 1.58. The SMILES string of the molecule is COC(=O)CC(=O)NC(Cc1c[nH]c2cccc(Cl)c12)C(=O)OC. The van der Waals surface area contributed by atoms with E-state index in [1.807, 2.05) is 6.07 Å². The number of carbonyl (C=O) groups is 3. The summed E-state index contributed by atoms with van der Waals surface area (Å²) in [4.78, 5) is 38.0. The highest BCUT2D eigenvalue weighted by atomic mass is 35.5. The molecule has 2 N–H and O–H groups in total. The van der Waals surface area contributed by atoms with Gasteiger partial charge in [-0.05, 0) is 17.7 Å². The van der Waals surface area contributed by atoms with Gasteiger partial charge in [0.25, 0.3) is 0 Å². The minimum Gasteiger partial charge on any atom is -0.469 e. The quantitative estimate of drug-likeness (QED) is 0.607. The van der Waals surface area contributed by atoms with Crippen LogP contribution in [-0.4, -0.2) is 43.1 Å². The number of nitrogens with one attached hydrogen (secondary N) is 2. The number of methoxy groups -OCH3 is 2. The summed E-state index contributed by atoms with van der Waals surface area (Å²) >= 11 is 6.21. The molecule has 1 aromatic heterocycles. The Morgan fingerprint density at radius 3 is 2.67 bits per heavy atom. The number of amides is 1. The number of rotatable bonds is 6. The molecule has 8 heteroatoms. The van der Waals surface area contributed by atoms with Crippen molar-refractivity contribution in [1.29, 1.82) is 0 Å². The number of halogens is 1. The number of benzene rings is 1. The van der Waals surface area contributed by atoms with Gasteiger partial charge in [0.1, 0.15) is 12.5 Å². The van der Waals surface area contributed by atoms with Crippen LogP contribution in [0.2, 0.25) is 5.02 Å². The first-order chi connectivity index (χ1) is 11.5. The highest BCUT2D eigenvalue weighted by molar-refractivity contribution is 6.35. The second kappa shape index (κ2) is 7.83. The Morgan fingerprint density at radius 2 is 2.00 bits per heavy atom. The molecule has 1 amide bonds. The Labute approximate surface area is 143 Å². The lowest BCUT2D eigenvalue weighted by Gasteiger charge is -2.16. The number of ether oxygens (including phenoxy) is 2. The molecule has 0 saturated heterocycles. The first-order valence-electron chi connectivity index (χ1n) is 7.14. The van der Waals surface area contributed by atoms with Crippen LogP contribution in [-0.2, 0) is 30.3 Å². The Bertz CT molecular complexity index is 771. The smallest absolute Gasteiger partial charge is 0.328 e. The third-order valence-electron chi connectivity index (χ3n) is 3.51. The van der Waals surface area contributed by atoms with Crippen LogP contribution >= 0.6 is 11.6 Å². The Hall–Kier alpha value is -2.54. The van der Waals surface area contributed by atoms with Gasteiger partial charge < -0.3 is 19.8 Å². The molecule has 0 radical (unpaired) electrons. The van der Waals surface area contributed by atoms with Gasteiger partial charge in [-0.1, -0.05) is 17.7 Å². The minimum atomic E-state index is -0.942. The van der Waals surface area contributed by atoms with Crippen LogP contribution in [0.4, 0.5) is 0 Å². The van der Waals surface area contributed by atoms with Crippen molar-refractivity contribution in [3.8, 4) is 0 Å². The molecule has 128 valence electrons. The van der Waals surface area contributed by atoms with E-state index in [1.165, 1.54) is 14.2 Å². The van der Waals surface area contributed by atoms with Crippen molar-refractivity contribution in [1.82, 2.24) is 10.3 Å². The van der Waals surface area contributed by atoms with Crippen molar-refractivity contribution in [3.63, 3.8) is 0 Å². The number of hydrogen-bond acceptors (Lipinski definition) is 5. The van der Waals surface area contributed by atoms with Crippen LogP contribution in [0.3, 0.4) is 0 Å². The molecule has 0 spiro atoms. The fraction of sp³-hybridized carbons (Fsp3) is 0.312. The Kier molecular flexibility index (Phi) is 5.81. The second-order valence-electron chi connectivity index (χ2n) is 5.08. The summed E-state index contributed by atoms with van der Waals surface area (Å²) in [6.07, 6.45) is 1.42. The highest BCUT2D eigenvalue weighted by Gasteiger charge is 2.24. The summed E-state index contributed by atoms with van der Waals surface area (Å²) < 4.78 is 9.15. The van der Waals surface area contributed by atoms with E-state index in [0.717, 1.165) is 16.5 Å². The number of aromatic amines is 1. The van der Waals surface area contributed by atoms with Crippen molar-refractivity contribution in [2.45, 2.75) is 18.9 Å². The fourth-order valence-electron chi connectivity index (χ4n) is 2.37. The van der Waals surface area contributed by atoms with Gasteiger partial charge in [0.2, 0.25) is 5.91 Å². The van der Waals surface area contributed by atoms with Gasteiger partial charge in [-0.2, -0.15) is 0 Å². The molecule has 1 atom stereocenters. The van der Waals surface area contributed by atoms with Crippen LogP contribution in [0.1, 0.15) is 12.0 Å². The molecular weight excluding hydrogens is 336 g/mol. The standard InChI is InChI=1S/C16H17ClN2O5/c1-23-14(21)7-13(20)19-12(16(22)24-2)6-9-8-18-11-5-3-4-10(17)15(9)11/h3-5,8,12,18H,6-7H2,1-2H3,(H,19,20). The average molecular weight is 353 g/mol. The van der Waals surface area contributed by atoms with Gasteiger partial charge in [0.15, 0.2) is 0 Å². The maximum absolute atomic E-state index is 12.0. The largest absolute Gasteiger partial charge is 0.469 e. The first-order valence-corrected chi connectivity index (χ1v) is 7.52. The average Bonchev–Trinajstić information content (AvgIpc) is 2.97. The maximum Gasteiger partial charge on any atom is 0.328 e. The van der Waals surface area contributed by atoms with E-state index < -0.39 is 30.3 Å². The van der Waals surface area contributed by atoms with Crippen molar-refractivity contribution in [3.05, 3.63) is 35.0 Å². The Morgan fingerprint density at radius 1 is 1.25 bits per heavy atom. The lowest BCUT2D eigenvalue weighted by Crippen LogP contribution is -2.43. The van der Waals surface area contributed by atoms with Gasteiger partial charge in [0, 0.05) is 23.5 Å². The Balaban J connectivity index is 2.21. The minimum absolute atomic E-state index is 0.170. The zero-order valence-electron chi connectivity index (χ0n) is 13.2. The van der Waals surface area contributed by atoms with Crippen molar-refractivity contribution >= 4 is 40.3 Å². The second-order valence-corrected chi connectivity index (χ2v) is 5.48. The number of carbonyl (C=O) groups excluding carboxylic acids is 3. The fourth-order valence-corrected chi connectivity index (χ4v) is 2.67. The summed E-state index contributed by atoms with van der Waals surface area (Å²) in [5, 5.41) is 3.79. The normalized spacial score (nSPS) is 11.8. The molecule has 1 heterocycles. The van der Waals surface area contributed by atoms with Gasteiger partial charge in [-0.15, -0.1) is 0 Å². The molecule has 2 aromatic rings. The van der Waals surface area contributed by atoms with Crippen molar-refractivity contribution in [2.24, 2.45) is 0 Å². The molecule has 1 unspecified atom stereocenters. The molecular formula is C16H17ClN2O5.